The maximum Gasteiger partial charge on any atom is 0.261 e. The van der Waals surface area contributed by atoms with E-state index in [-0.39, 0.29) is 11.8 Å². The molecule has 2 aliphatic rings. The van der Waals surface area contributed by atoms with Crippen LogP contribution in [0.3, 0.4) is 0 Å². The van der Waals surface area contributed by atoms with Gasteiger partial charge in [-0.1, -0.05) is 12.1 Å². The van der Waals surface area contributed by atoms with Crippen molar-refractivity contribution in [3.63, 3.8) is 0 Å². The van der Waals surface area contributed by atoms with Gasteiger partial charge in [0.1, 0.15) is 0 Å². The molecule has 2 amide bonds. The lowest BCUT2D eigenvalue weighted by Crippen LogP contribution is -2.42. The van der Waals surface area contributed by atoms with Gasteiger partial charge < -0.3 is 0 Å². The number of rotatable bonds is 4. The molecule has 0 N–H and O–H groups in total. The molecular formula is C20H22N2O2S. The fourth-order valence-electron chi connectivity index (χ4n) is 4.12. The standard InChI is InChI=1S/C20H22N2O2S/c1-13-12-15-8-11-25-18(15)14(2)21(13)9-5-10-22-19(23)16-6-3-4-7-17(16)20(22)24/h3-4,6-8,11,13-14H,5,9-10,12H2,1-2H3/t13-,14+/m1/s1. The molecule has 0 spiro atoms. The topological polar surface area (TPSA) is 40.6 Å². The third kappa shape index (κ3) is 2.71. The molecule has 2 aliphatic heterocycles. The maximum atomic E-state index is 12.4. The Hall–Kier alpha value is -1.98. The molecule has 0 bridgehead atoms. The molecule has 0 radical (unpaired) electrons. The average Bonchev–Trinajstić information content (AvgIpc) is 3.16. The maximum absolute atomic E-state index is 12.4. The summed E-state index contributed by atoms with van der Waals surface area (Å²) in [5.74, 6) is -0.304. The van der Waals surface area contributed by atoms with Crippen LogP contribution in [0.5, 0.6) is 0 Å². The number of carbonyl (C=O) groups is 2. The number of hydrogen-bond acceptors (Lipinski definition) is 4. The first-order valence-corrected chi connectivity index (χ1v) is 9.73. The molecule has 0 unspecified atom stereocenters. The summed E-state index contributed by atoms with van der Waals surface area (Å²) in [5, 5.41) is 2.18. The number of benzene rings is 1. The number of nitrogens with zero attached hydrogens (tertiary/aromatic N) is 2. The van der Waals surface area contributed by atoms with Crippen LogP contribution in [0.1, 0.15) is 57.5 Å². The van der Waals surface area contributed by atoms with Crippen molar-refractivity contribution in [1.29, 1.82) is 0 Å². The van der Waals surface area contributed by atoms with Crippen LogP contribution in [-0.2, 0) is 6.42 Å². The van der Waals surface area contributed by atoms with Crippen molar-refractivity contribution >= 4 is 23.2 Å². The predicted molar refractivity (Wildman–Crippen MR) is 99.0 cm³/mol. The lowest BCUT2D eigenvalue weighted by Gasteiger charge is -2.39. The first kappa shape index (κ1) is 16.5. The molecule has 4 nitrogen and oxygen atoms in total. The molecule has 0 fully saturated rings. The summed E-state index contributed by atoms with van der Waals surface area (Å²) >= 11 is 1.83. The number of thiophene rings is 1. The monoisotopic (exact) mass is 354 g/mol. The number of amides is 2. The molecule has 25 heavy (non-hydrogen) atoms. The molecule has 3 heterocycles. The highest BCUT2D eigenvalue weighted by atomic mass is 32.1. The van der Waals surface area contributed by atoms with E-state index in [1.54, 1.807) is 12.1 Å². The van der Waals surface area contributed by atoms with E-state index >= 15 is 0 Å². The number of imide groups is 1. The zero-order valence-corrected chi connectivity index (χ0v) is 15.4. The Morgan fingerprint density at radius 1 is 1.04 bits per heavy atom. The van der Waals surface area contributed by atoms with Gasteiger partial charge in [0.05, 0.1) is 11.1 Å². The fraction of sp³-hybridized carbons (Fsp3) is 0.400. The van der Waals surface area contributed by atoms with Gasteiger partial charge in [0.2, 0.25) is 0 Å². The van der Waals surface area contributed by atoms with E-state index in [2.05, 4.69) is 30.2 Å². The zero-order valence-electron chi connectivity index (χ0n) is 14.6. The van der Waals surface area contributed by atoms with Crippen molar-refractivity contribution in [2.75, 3.05) is 13.1 Å². The molecular weight excluding hydrogens is 332 g/mol. The van der Waals surface area contributed by atoms with Crippen molar-refractivity contribution in [3.8, 4) is 0 Å². The minimum atomic E-state index is -0.152. The Labute approximate surface area is 152 Å². The highest BCUT2D eigenvalue weighted by Gasteiger charge is 2.35. The highest BCUT2D eigenvalue weighted by molar-refractivity contribution is 7.10. The molecule has 4 rings (SSSR count). The quantitative estimate of drug-likeness (QED) is 0.785. The normalized spacial score (nSPS) is 23.0. The molecule has 5 heteroatoms. The second-order valence-electron chi connectivity index (χ2n) is 6.94. The van der Waals surface area contributed by atoms with E-state index in [1.165, 1.54) is 15.3 Å². The van der Waals surface area contributed by atoms with Crippen LogP contribution in [-0.4, -0.2) is 40.7 Å². The van der Waals surface area contributed by atoms with Crippen LogP contribution >= 0.6 is 11.3 Å². The summed E-state index contributed by atoms with van der Waals surface area (Å²) in [7, 11) is 0. The Morgan fingerprint density at radius 3 is 2.40 bits per heavy atom. The molecule has 0 saturated heterocycles. The van der Waals surface area contributed by atoms with Crippen molar-refractivity contribution in [2.24, 2.45) is 0 Å². The molecule has 1 aromatic heterocycles. The summed E-state index contributed by atoms with van der Waals surface area (Å²) < 4.78 is 0. The van der Waals surface area contributed by atoms with Gasteiger partial charge in [-0.05, 0) is 55.8 Å². The second-order valence-corrected chi connectivity index (χ2v) is 7.89. The summed E-state index contributed by atoms with van der Waals surface area (Å²) in [6.45, 7) is 5.90. The van der Waals surface area contributed by atoms with Crippen LogP contribution in [0.15, 0.2) is 35.7 Å². The minimum absolute atomic E-state index is 0.152. The Morgan fingerprint density at radius 2 is 1.72 bits per heavy atom. The summed E-state index contributed by atoms with van der Waals surface area (Å²) in [6.07, 6.45) is 1.89. The molecule has 0 saturated carbocycles. The Balaban J connectivity index is 1.40. The van der Waals surface area contributed by atoms with Crippen molar-refractivity contribution < 1.29 is 9.59 Å². The Bertz CT molecular complexity index is 794. The van der Waals surface area contributed by atoms with Crippen LogP contribution < -0.4 is 0 Å². The fourth-order valence-corrected chi connectivity index (χ4v) is 5.13. The predicted octanol–water partition coefficient (Wildman–Crippen LogP) is 3.74. The van der Waals surface area contributed by atoms with Gasteiger partial charge in [-0.3, -0.25) is 19.4 Å². The van der Waals surface area contributed by atoms with Gasteiger partial charge in [0, 0.05) is 30.1 Å². The lowest BCUT2D eigenvalue weighted by molar-refractivity contribution is 0.0637. The first-order chi connectivity index (χ1) is 12.1. The van der Waals surface area contributed by atoms with Gasteiger partial charge in [0.25, 0.3) is 11.8 Å². The van der Waals surface area contributed by atoms with Crippen LogP contribution in [0.4, 0.5) is 0 Å². The largest absolute Gasteiger partial charge is 0.293 e. The zero-order chi connectivity index (χ0) is 17.6. The van der Waals surface area contributed by atoms with Gasteiger partial charge in [-0.25, -0.2) is 0 Å². The summed E-state index contributed by atoms with van der Waals surface area (Å²) in [5.41, 5.74) is 2.55. The van der Waals surface area contributed by atoms with E-state index < -0.39 is 0 Å². The first-order valence-electron chi connectivity index (χ1n) is 8.85. The SMILES string of the molecule is C[C@@H]1Cc2ccsc2[C@H](C)N1CCCN1C(=O)c2ccccc2C1=O. The van der Waals surface area contributed by atoms with Gasteiger partial charge in [0.15, 0.2) is 0 Å². The van der Waals surface area contributed by atoms with Crippen LogP contribution in [0.25, 0.3) is 0 Å². The van der Waals surface area contributed by atoms with Crippen molar-refractivity contribution in [1.82, 2.24) is 9.80 Å². The summed E-state index contributed by atoms with van der Waals surface area (Å²) in [6, 6.07) is 10.2. The van der Waals surface area contributed by atoms with Crippen molar-refractivity contribution in [2.45, 2.75) is 38.8 Å². The second kappa shape index (κ2) is 6.39. The third-order valence-corrected chi connectivity index (χ3v) is 6.54. The number of fused-ring (bicyclic) bond motifs is 2. The van der Waals surface area contributed by atoms with Crippen LogP contribution in [0.2, 0.25) is 0 Å². The molecule has 1 aromatic carbocycles. The molecule has 130 valence electrons. The smallest absolute Gasteiger partial charge is 0.261 e. The van der Waals surface area contributed by atoms with Crippen molar-refractivity contribution in [3.05, 3.63) is 57.3 Å². The molecule has 0 aliphatic carbocycles. The van der Waals surface area contributed by atoms with E-state index in [9.17, 15) is 9.59 Å². The Kier molecular flexibility index (Phi) is 4.21. The molecule has 2 aromatic rings. The number of carbonyl (C=O) groups excluding carboxylic acids is 2. The van der Waals surface area contributed by atoms with Gasteiger partial charge in [-0.15, -0.1) is 11.3 Å². The van der Waals surface area contributed by atoms with E-state index in [0.29, 0.717) is 29.8 Å². The number of hydrogen-bond donors (Lipinski definition) is 0. The van der Waals surface area contributed by atoms with Crippen LogP contribution in [0, 0.1) is 0 Å². The van der Waals surface area contributed by atoms with E-state index in [4.69, 9.17) is 0 Å². The van der Waals surface area contributed by atoms with Gasteiger partial charge in [-0.2, -0.15) is 0 Å². The van der Waals surface area contributed by atoms with E-state index in [0.717, 1.165) is 19.4 Å². The highest BCUT2D eigenvalue weighted by Crippen LogP contribution is 2.36. The van der Waals surface area contributed by atoms with E-state index in [1.807, 2.05) is 23.5 Å². The average molecular weight is 354 g/mol. The third-order valence-electron chi connectivity index (χ3n) is 5.42. The van der Waals surface area contributed by atoms with Gasteiger partial charge >= 0.3 is 0 Å². The summed E-state index contributed by atoms with van der Waals surface area (Å²) in [4.78, 5) is 30.2. The minimum Gasteiger partial charge on any atom is -0.293 e. The lowest BCUT2D eigenvalue weighted by atomic mass is 9.96. The molecule has 2 atom stereocenters.